The standard InChI is InChI=1S/C12H8F4O/c1-11-3-4-12(2,17-11)6-5(11)7(13)9(15)10(16)8(6)14/h3-4H,1-2H3. The molecule has 2 aliphatic rings. The van der Waals surface area contributed by atoms with E-state index in [1.807, 2.05) is 0 Å². The van der Waals surface area contributed by atoms with Gasteiger partial charge in [-0.2, -0.15) is 0 Å². The number of halogens is 4. The predicted molar refractivity (Wildman–Crippen MR) is 51.2 cm³/mol. The van der Waals surface area contributed by atoms with Crippen LogP contribution < -0.4 is 0 Å². The largest absolute Gasteiger partial charge is 0.351 e. The molecule has 0 spiro atoms. The van der Waals surface area contributed by atoms with E-state index in [1.165, 1.54) is 26.0 Å². The molecule has 0 radical (unpaired) electrons. The summed E-state index contributed by atoms with van der Waals surface area (Å²) in [4.78, 5) is 0. The summed E-state index contributed by atoms with van der Waals surface area (Å²) >= 11 is 0. The van der Waals surface area contributed by atoms with Gasteiger partial charge in [0.05, 0.1) is 0 Å². The van der Waals surface area contributed by atoms with Gasteiger partial charge in [0.25, 0.3) is 0 Å². The van der Waals surface area contributed by atoms with Crippen molar-refractivity contribution in [2.45, 2.75) is 25.0 Å². The molecule has 0 amide bonds. The highest BCUT2D eigenvalue weighted by Gasteiger charge is 2.55. The lowest BCUT2D eigenvalue weighted by molar-refractivity contribution is -0.0513. The predicted octanol–water partition coefficient (Wildman–Crippen LogP) is 3.27. The van der Waals surface area contributed by atoms with Crippen LogP contribution in [0.5, 0.6) is 0 Å². The first-order chi connectivity index (χ1) is 7.80. The molecule has 1 nitrogen and oxygen atoms in total. The Labute approximate surface area is 94.7 Å². The highest BCUT2D eigenvalue weighted by atomic mass is 19.2. The van der Waals surface area contributed by atoms with E-state index in [4.69, 9.17) is 4.74 Å². The van der Waals surface area contributed by atoms with Crippen LogP contribution in [-0.4, -0.2) is 0 Å². The minimum Gasteiger partial charge on any atom is -0.351 e. The number of rotatable bonds is 0. The molecule has 1 aromatic rings. The summed E-state index contributed by atoms with van der Waals surface area (Å²) in [6, 6.07) is 0. The molecule has 0 fully saturated rings. The minimum atomic E-state index is -1.80. The second-order valence-corrected chi connectivity index (χ2v) is 4.66. The molecule has 2 heterocycles. The van der Waals surface area contributed by atoms with Gasteiger partial charge >= 0.3 is 0 Å². The lowest BCUT2D eigenvalue weighted by Crippen LogP contribution is -2.20. The number of ether oxygens (including phenoxy) is 1. The Bertz CT molecular complexity index is 532. The normalized spacial score (nSPS) is 33.3. The van der Waals surface area contributed by atoms with E-state index in [0.29, 0.717) is 0 Å². The fourth-order valence-electron chi connectivity index (χ4n) is 2.66. The molecule has 0 aliphatic carbocycles. The Morgan fingerprint density at radius 1 is 0.765 bits per heavy atom. The van der Waals surface area contributed by atoms with Crippen LogP contribution in [0.1, 0.15) is 25.0 Å². The third-order valence-electron chi connectivity index (χ3n) is 3.40. The molecule has 1 aromatic carbocycles. The van der Waals surface area contributed by atoms with Gasteiger partial charge in [0.2, 0.25) is 0 Å². The van der Waals surface area contributed by atoms with Crippen LogP contribution in [-0.2, 0) is 15.9 Å². The van der Waals surface area contributed by atoms with Gasteiger partial charge in [-0.3, -0.25) is 0 Å². The van der Waals surface area contributed by atoms with E-state index in [-0.39, 0.29) is 11.1 Å². The molecular formula is C12H8F4O. The van der Waals surface area contributed by atoms with E-state index < -0.39 is 34.5 Å². The van der Waals surface area contributed by atoms with Crippen molar-refractivity contribution >= 4 is 0 Å². The summed E-state index contributed by atoms with van der Waals surface area (Å²) in [5.74, 6) is -6.35. The van der Waals surface area contributed by atoms with E-state index in [2.05, 4.69) is 0 Å². The minimum absolute atomic E-state index is 0.251. The summed E-state index contributed by atoms with van der Waals surface area (Å²) in [7, 11) is 0. The van der Waals surface area contributed by atoms with E-state index in [0.717, 1.165) is 0 Å². The van der Waals surface area contributed by atoms with Crippen LogP contribution in [0.2, 0.25) is 0 Å². The van der Waals surface area contributed by atoms with Gasteiger partial charge in [0, 0.05) is 11.1 Å². The second kappa shape index (κ2) is 2.72. The van der Waals surface area contributed by atoms with E-state index in [9.17, 15) is 17.6 Å². The number of hydrogen-bond acceptors (Lipinski definition) is 1. The van der Waals surface area contributed by atoms with Gasteiger partial charge in [-0.05, 0) is 26.0 Å². The average Bonchev–Trinajstić information content (AvgIpc) is 2.69. The SMILES string of the molecule is CC12C=CC(C)(O1)c1c(F)c(F)c(F)c(F)c12. The number of hydrogen-bond donors (Lipinski definition) is 0. The van der Waals surface area contributed by atoms with Gasteiger partial charge in [-0.25, -0.2) is 17.6 Å². The number of benzene rings is 1. The molecule has 17 heavy (non-hydrogen) atoms. The van der Waals surface area contributed by atoms with Crippen LogP contribution in [0, 0.1) is 23.3 Å². The van der Waals surface area contributed by atoms with Crippen LogP contribution in [0.25, 0.3) is 0 Å². The van der Waals surface area contributed by atoms with Crippen molar-refractivity contribution in [1.82, 2.24) is 0 Å². The smallest absolute Gasteiger partial charge is 0.197 e. The summed E-state index contributed by atoms with van der Waals surface area (Å²) in [5, 5.41) is 0. The van der Waals surface area contributed by atoms with Crippen molar-refractivity contribution in [2.24, 2.45) is 0 Å². The maximum Gasteiger partial charge on any atom is 0.197 e. The maximum absolute atomic E-state index is 13.7. The Morgan fingerprint density at radius 2 is 1.12 bits per heavy atom. The van der Waals surface area contributed by atoms with Gasteiger partial charge in [0.15, 0.2) is 23.3 Å². The molecule has 2 atom stereocenters. The first-order valence-corrected chi connectivity index (χ1v) is 5.07. The molecule has 0 aromatic heterocycles. The lowest BCUT2D eigenvalue weighted by Gasteiger charge is -2.19. The van der Waals surface area contributed by atoms with Crippen molar-refractivity contribution in [3.8, 4) is 0 Å². The zero-order chi connectivity index (χ0) is 12.6. The van der Waals surface area contributed by atoms with Crippen LogP contribution in [0.15, 0.2) is 12.2 Å². The Morgan fingerprint density at radius 3 is 1.47 bits per heavy atom. The number of fused-ring (bicyclic) bond motifs is 5. The van der Waals surface area contributed by atoms with E-state index >= 15 is 0 Å². The Kier molecular flexibility index (Phi) is 1.72. The quantitative estimate of drug-likeness (QED) is 0.294. The van der Waals surface area contributed by atoms with Gasteiger partial charge in [-0.1, -0.05) is 0 Å². The highest BCUT2D eigenvalue weighted by Crippen LogP contribution is 2.55. The van der Waals surface area contributed by atoms with Crippen molar-refractivity contribution < 1.29 is 22.3 Å². The summed E-state index contributed by atoms with van der Waals surface area (Å²) in [6.07, 6.45) is 3.05. The molecular weight excluding hydrogens is 236 g/mol. The third kappa shape index (κ3) is 1.03. The zero-order valence-corrected chi connectivity index (χ0v) is 9.07. The molecule has 3 rings (SSSR count). The average molecular weight is 244 g/mol. The summed E-state index contributed by atoms with van der Waals surface area (Å²) in [5.41, 5.74) is -2.97. The summed E-state index contributed by atoms with van der Waals surface area (Å²) in [6.45, 7) is 2.97. The molecule has 0 N–H and O–H groups in total. The Balaban J connectivity index is 2.47. The van der Waals surface area contributed by atoms with Crippen molar-refractivity contribution in [3.05, 3.63) is 46.5 Å². The lowest BCUT2D eigenvalue weighted by atomic mass is 9.82. The first kappa shape index (κ1) is 10.8. The fraction of sp³-hybridized carbons (Fsp3) is 0.333. The van der Waals surface area contributed by atoms with Crippen LogP contribution >= 0.6 is 0 Å². The molecule has 2 unspecified atom stereocenters. The summed E-state index contributed by atoms with van der Waals surface area (Å²) < 4.78 is 59.3. The van der Waals surface area contributed by atoms with Crippen molar-refractivity contribution in [3.63, 3.8) is 0 Å². The van der Waals surface area contributed by atoms with Gasteiger partial charge in [0.1, 0.15) is 11.2 Å². The topological polar surface area (TPSA) is 9.23 Å². The molecule has 2 aliphatic heterocycles. The van der Waals surface area contributed by atoms with Gasteiger partial charge in [-0.15, -0.1) is 0 Å². The second-order valence-electron chi connectivity index (χ2n) is 4.66. The van der Waals surface area contributed by atoms with Crippen molar-refractivity contribution in [2.75, 3.05) is 0 Å². The molecule has 0 saturated carbocycles. The Hall–Kier alpha value is -1.36. The van der Waals surface area contributed by atoms with Crippen molar-refractivity contribution in [1.29, 1.82) is 0 Å². The molecule has 5 heteroatoms. The fourth-order valence-corrected chi connectivity index (χ4v) is 2.66. The maximum atomic E-state index is 13.7. The van der Waals surface area contributed by atoms with Crippen LogP contribution in [0.3, 0.4) is 0 Å². The molecule has 90 valence electrons. The molecule has 0 saturated heterocycles. The zero-order valence-electron chi connectivity index (χ0n) is 9.07. The monoisotopic (exact) mass is 244 g/mol. The first-order valence-electron chi connectivity index (χ1n) is 5.07. The van der Waals surface area contributed by atoms with Crippen LogP contribution in [0.4, 0.5) is 17.6 Å². The van der Waals surface area contributed by atoms with Gasteiger partial charge < -0.3 is 4.74 Å². The third-order valence-corrected chi connectivity index (χ3v) is 3.40. The van der Waals surface area contributed by atoms with E-state index in [1.54, 1.807) is 0 Å². The highest BCUT2D eigenvalue weighted by molar-refractivity contribution is 5.52. The molecule has 2 bridgehead atoms.